The Morgan fingerprint density at radius 1 is 1.30 bits per heavy atom. The Hall–Kier alpha value is -0.990. The van der Waals surface area contributed by atoms with E-state index in [1.54, 1.807) is 4.31 Å². The number of nitrogens with zero attached hydrogens (tertiary/aromatic N) is 4. The van der Waals surface area contributed by atoms with Gasteiger partial charge in [-0.15, -0.1) is 10.2 Å². The van der Waals surface area contributed by atoms with Gasteiger partial charge in [0, 0.05) is 19.5 Å². The molecule has 0 atom stereocenters. The lowest BCUT2D eigenvalue weighted by molar-refractivity contribution is 0.0786. The zero-order valence-electron chi connectivity index (χ0n) is 14.2. The van der Waals surface area contributed by atoms with Crippen LogP contribution in [-0.4, -0.2) is 53.5 Å². The van der Waals surface area contributed by atoms with Crippen LogP contribution in [0.1, 0.15) is 38.3 Å². The molecule has 0 radical (unpaired) electrons. The van der Waals surface area contributed by atoms with Crippen molar-refractivity contribution >= 4 is 10.0 Å². The highest BCUT2D eigenvalue weighted by atomic mass is 32.2. The summed E-state index contributed by atoms with van der Waals surface area (Å²) in [6.07, 6.45) is 4.15. The van der Waals surface area contributed by atoms with Crippen molar-refractivity contribution in [2.24, 2.45) is 11.3 Å². The van der Waals surface area contributed by atoms with Crippen molar-refractivity contribution in [3.05, 3.63) is 11.6 Å². The van der Waals surface area contributed by atoms with Crippen LogP contribution in [0.2, 0.25) is 0 Å². The van der Waals surface area contributed by atoms with E-state index in [9.17, 15) is 8.42 Å². The van der Waals surface area contributed by atoms with Gasteiger partial charge in [0.25, 0.3) is 0 Å². The minimum atomic E-state index is -3.26. The Morgan fingerprint density at radius 3 is 2.70 bits per heavy atom. The fourth-order valence-electron chi connectivity index (χ4n) is 3.75. The fourth-order valence-corrected chi connectivity index (χ4v) is 4.58. The summed E-state index contributed by atoms with van der Waals surface area (Å²) in [5.41, 5.74) is 0.344. The highest BCUT2D eigenvalue weighted by molar-refractivity contribution is 7.88. The number of rotatable bonds is 5. The first-order valence-electron chi connectivity index (χ1n) is 8.18. The van der Waals surface area contributed by atoms with Crippen LogP contribution in [-0.2, 0) is 34.3 Å². The molecule has 1 aromatic heterocycles. The van der Waals surface area contributed by atoms with Crippen LogP contribution in [0.15, 0.2) is 0 Å². The highest BCUT2D eigenvalue weighted by Crippen LogP contribution is 2.45. The van der Waals surface area contributed by atoms with Crippen LogP contribution in [0.5, 0.6) is 0 Å². The third kappa shape index (κ3) is 3.92. The van der Waals surface area contributed by atoms with Gasteiger partial charge in [-0.05, 0) is 24.2 Å². The number of hydrogen-bond donors (Lipinski definition) is 0. The fraction of sp³-hybridized carbons (Fsp3) is 0.867. The summed E-state index contributed by atoms with van der Waals surface area (Å²) < 4.78 is 33.4. The maximum atomic E-state index is 12.2. The van der Waals surface area contributed by atoms with Crippen molar-refractivity contribution in [3.8, 4) is 0 Å². The van der Waals surface area contributed by atoms with Crippen molar-refractivity contribution in [3.63, 3.8) is 0 Å². The Balaban J connectivity index is 1.73. The highest BCUT2D eigenvalue weighted by Gasteiger charge is 2.38. The van der Waals surface area contributed by atoms with E-state index < -0.39 is 10.0 Å². The number of hydrogen-bond acceptors (Lipinski definition) is 5. The quantitative estimate of drug-likeness (QED) is 0.799. The van der Waals surface area contributed by atoms with E-state index in [1.807, 2.05) is 4.57 Å². The van der Waals surface area contributed by atoms with Crippen LogP contribution < -0.4 is 0 Å². The summed E-state index contributed by atoms with van der Waals surface area (Å²) in [6, 6.07) is 0. The van der Waals surface area contributed by atoms with Crippen molar-refractivity contribution in [2.45, 2.75) is 46.2 Å². The average Bonchev–Trinajstić information content (AvgIpc) is 2.64. The summed E-state index contributed by atoms with van der Waals surface area (Å²) in [4.78, 5) is 0. The monoisotopic (exact) mass is 342 g/mol. The van der Waals surface area contributed by atoms with E-state index in [0.717, 1.165) is 30.9 Å². The van der Waals surface area contributed by atoms with Crippen LogP contribution in [0, 0.1) is 11.3 Å². The molecule has 1 aliphatic carbocycles. The van der Waals surface area contributed by atoms with E-state index in [-0.39, 0.29) is 0 Å². The van der Waals surface area contributed by atoms with E-state index in [4.69, 9.17) is 4.74 Å². The first-order chi connectivity index (χ1) is 10.7. The van der Waals surface area contributed by atoms with E-state index in [1.165, 1.54) is 6.26 Å². The first-order valence-corrected chi connectivity index (χ1v) is 10.0. The second-order valence-corrected chi connectivity index (χ2v) is 9.52. The second-order valence-electron chi connectivity index (χ2n) is 7.54. The van der Waals surface area contributed by atoms with Gasteiger partial charge in [0.2, 0.25) is 10.0 Å². The van der Waals surface area contributed by atoms with Gasteiger partial charge in [0.1, 0.15) is 11.6 Å². The molecule has 0 aromatic carbocycles. The molecule has 1 aliphatic heterocycles. The SMILES string of the molecule is CC1(C)CC(CN(Cc2nnc3n2CCOCC3)S(C)(=O)=O)C1. The Kier molecular flexibility index (Phi) is 4.50. The van der Waals surface area contributed by atoms with Crippen molar-refractivity contribution in [2.75, 3.05) is 26.0 Å². The van der Waals surface area contributed by atoms with Crippen molar-refractivity contribution in [1.82, 2.24) is 19.1 Å². The molecule has 0 amide bonds. The molecule has 2 heterocycles. The molecule has 1 aromatic rings. The van der Waals surface area contributed by atoms with Gasteiger partial charge in [0.05, 0.1) is 26.0 Å². The molecule has 7 nitrogen and oxygen atoms in total. The molecule has 1 saturated carbocycles. The largest absolute Gasteiger partial charge is 0.379 e. The van der Waals surface area contributed by atoms with Gasteiger partial charge >= 0.3 is 0 Å². The normalized spacial score (nSPS) is 21.7. The summed E-state index contributed by atoms with van der Waals surface area (Å²) in [5.74, 6) is 2.04. The Morgan fingerprint density at radius 2 is 2.04 bits per heavy atom. The maximum absolute atomic E-state index is 12.2. The number of ether oxygens (including phenoxy) is 1. The molecule has 0 bridgehead atoms. The third-order valence-corrected chi connectivity index (χ3v) is 5.98. The van der Waals surface area contributed by atoms with Crippen LogP contribution in [0.3, 0.4) is 0 Å². The summed E-state index contributed by atoms with van der Waals surface area (Å²) >= 11 is 0. The first kappa shape index (κ1) is 16.9. The average molecular weight is 342 g/mol. The topological polar surface area (TPSA) is 77.3 Å². The molecule has 0 spiro atoms. The van der Waals surface area contributed by atoms with Crippen LogP contribution in [0.25, 0.3) is 0 Å². The number of sulfonamides is 1. The molecule has 3 rings (SSSR count). The number of fused-ring (bicyclic) bond motifs is 1. The van der Waals surface area contributed by atoms with E-state index in [0.29, 0.717) is 44.2 Å². The molecule has 23 heavy (non-hydrogen) atoms. The minimum Gasteiger partial charge on any atom is -0.379 e. The molecular formula is C15H26N4O3S. The van der Waals surface area contributed by atoms with E-state index >= 15 is 0 Å². The van der Waals surface area contributed by atoms with Crippen LogP contribution in [0.4, 0.5) is 0 Å². The zero-order valence-corrected chi connectivity index (χ0v) is 15.0. The summed E-state index contributed by atoms with van der Waals surface area (Å²) in [5, 5.41) is 8.42. The lowest BCUT2D eigenvalue weighted by atomic mass is 9.64. The molecule has 2 aliphatic rings. The number of aromatic nitrogens is 3. The van der Waals surface area contributed by atoms with Gasteiger partial charge in [-0.2, -0.15) is 4.31 Å². The van der Waals surface area contributed by atoms with Gasteiger partial charge in [-0.3, -0.25) is 0 Å². The lowest BCUT2D eigenvalue weighted by Gasteiger charge is -2.44. The second kappa shape index (κ2) is 6.14. The molecule has 0 saturated heterocycles. The van der Waals surface area contributed by atoms with E-state index in [2.05, 4.69) is 24.0 Å². The minimum absolute atomic E-state index is 0.294. The van der Waals surface area contributed by atoms with Crippen molar-refractivity contribution < 1.29 is 13.2 Å². The lowest BCUT2D eigenvalue weighted by Crippen LogP contribution is -2.42. The predicted molar refractivity (Wildman–Crippen MR) is 86.3 cm³/mol. The zero-order chi connectivity index (χ0) is 16.7. The van der Waals surface area contributed by atoms with Gasteiger partial charge in [-0.25, -0.2) is 8.42 Å². The Bertz CT molecular complexity index is 660. The molecule has 130 valence electrons. The Labute approximate surface area is 138 Å². The molecule has 0 N–H and O–H groups in total. The maximum Gasteiger partial charge on any atom is 0.211 e. The smallest absolute Gasteiger partial charge is 0.211 e. The summed E-state index contributed by atoms with van der Waals surface area (Å²) in [6.45, 7) is 7.27. The third-order valence-electron chi connectivity index (χ3n) is 4.76. The van der Waals surface area contributed by atoms with Gasteiger partial charge in [-0.1, -0.05) is 13.8 Å². The predicted octanol–water partition coefficient (Wildman–Crippen LogP) is 1.05. The summed E-state index contributed by atoms with van der Waals surface area (Å²) in [7, 11) is -3.26. The molecule has 0 unspecified atom stereocenters. The van der Waals surface area contributed by atoms with Crippen LogP contribution >= 0.6 is 0 Å². The molecule has 8 heteroatoms. The van der Waals surface area contributed by atoms with Crippen molar-refractivity contribution in [1.29, 1.82) is 0 Å². The molecular weight excluding hydrogens is 316 g/mol. The van der Waals surface area contributed by atoms with Gasteiger partial charge in [0.15, 0.2) is 0 Å². The van der Waals surface area contributed by atoms with Gasteiger partial charge < -0.3 is 9.30 Å². The molecule has 1 fully saturated rings. The standard InChI is InChI=1S/C15H26N4O3S/c1-15(2)8-12(9-15)10-18(23(3,20)21)11-14-17-16-13-4-6-22-7-5-19(13)14/h12H,4-11H2,1-3H3.